The molecular weight excluding hydrogens is 239 g/mol. The number of halogens is 1. The Labute approximate surface area is 115 Å². The van der Waals surface area contributed by atoms with Crippen LogP contribution in [-0.4, -0.2) is 6.04 Å². The van der Waals surface area contributed by atoms with Gasteiger partial charge in [-0.05, 0) is 36.8 Å². The van der Waals surface area contributed by atoms with Gasteiger partial charge in [-0.2, -0.15) is 0 Å². The molecule has 0 aromatic heterocycles. The first-order valence-electron chi connectivity index (χ1n) is 7.49. The maximum absolute atomic E-state index is 13.6. The molecular formula is C16H25FN2. The molecule has 2 nitrogen and oxygen atoms in total. The quantitative estimate of drug-likeness (QED) is 0.609. The number of hydrogen-bond donors (Lipinski definition) is 2. The number of benzene rings is 1. The molecule has 0 spiro atoms. The van der Waals surface area contributed by atoms with E-state index in [9.17, 15) is 4.39 Å². The molecule has 1 aromatic carbocycles. The van der Waals surface area contributed by atoms with E-state index in [4.69, 9.17) is 5.84 Å². The van der Waals surface area contributed by atoms with E-state index in [1.54, 1.807) is 6.07 Å². The molecule has 106 valence electrons. The summed E-state index contributed by atoms with van der Waals surface area (Å²) in [7, 11) is 0. The predicted molar refractivity (Wildman–Crippen MR) is 77.0 cm³/mol. The molecule has 1 aromatic rings. The summed E-state index contributed by atoms with van der Waals surface area (Å²) in [5.41, 5.74) is 3.61. The normalized spacial score (nSPS) is 18.4. The second-order valence-corrected chi connectivity index (χ2v) is 5.74. The van der Waals surface area contributed by atoms with Gasteiger partial charge in [0, 0.05) is 6.04 Å². The summed E-state index contributed by atoms with van der Waals surface area (Å²) in [6.45, 7) is 0. The molecule has 0 amide bonds. The fraction of sp³-hybridized carbons (Fsp3) is 0.625. The lowest BCUT2D eigenvalue weighted by Crippen LogP contribution is -2.37. The molecule has 3 N–H and O–H groups in total. The maximum Gasteiger partial charge on any atom is 0.126 e. The lowest BCUT2D eigenvalue weighted by Gasteiger charge is -2.24. The lowest BCUT2D eigenvalue weighted by molar-refractivity contribution is 0.312. The molecule has 2 rings (SSSR count). The van der Waals surface area contributed by atoms with E-state index in [0.29, 0.717) is 6.42 Å². The highest BCUT2D eigenvalue weighted by molar-refractivity contribution is 5.18. The van der Waals surface area contributed by atoms with Crippen molar-refractivity contribution >= 4 is 0 Å². The van der Waals surface area contributed by atoms with Crippen LogP contribution in [0.4, 0.5) is 4.39 Å². The van der Waals surface area contributed by atoms with Crippen molar-refractivity contribution in [3.8, 4) is 0 Å². The van der Waals surface area contributed by atoms with Crippen LogP contribution >= 0.6 is 0 Å². The number of rotatable bonds is 6. The van der Waals surface area contributed by atoms with Crippen molar-refractivity contribution in [1.29, 1.82) is 0 Å². The topological polar surface area (TPSA) is 38.0 Å². The Morgan fingerprint density at radius 3 is 2.63 bits per heavy atom. The largest absolute Gasteiger partial charge is 0.271 e. The summed E-state index contributed by atoms with van der Waals surface area (Å²) in [5.74, 6) is 6.34. The zero-order valence-electron chi connectivity index (χ0n) is 11.6. The van der Waals surface area contributed by atoms with Crippen LogP contribution < -0.4 is 11.3 Å². The van der Waals surface area contributed by atoms with Gasteiger partial charge in [-0.1, -0.05) is 50.3 Å². The average Bonchev–Trinajstić information content (AvgIpc) is 2.46. The molecule has 1 aliphatic carbocycles. The van der Waals surface area contributed by atoms with E-state index >= 15 is 0 Å². The molecule has 0 heterocycles. The third-order valence-corrected chi connectivity index (χ3v) is 4.31. The van der Waals surface area contributed by atoms with Gasteiger partial charge in [0.05, 0.1) is 0 Å². The predicted octanol–water partition coefficient (Wildman–Crippen LogP) is 3.56. The van der Waals surface area contributed by atoms with Gasteiger partial charge < -0.3 is 0 Å². The van der Waals surface area contributed by atoms with Crippen molar-refractivity contribution in [2.24, 2.45) is 11.8 Å². The number of hydrogen-bond acceptors (Lipinski definition) is 2. The first-order chi connectivity index (χ1) is 9.29. The molecule has 1 aliphatic rings. The Kier molecular flexibility index (Phi) is 5.80. The number of hydrazine groups is 1. The van der Waals surface area contributed by atoms with Crippen LogP contribution in [0.15, 0.2) is 24.3 Å². The minimum absolute atomic E-state index is 0.125. The summed E-state index contributed by atoms with van der Waals surface area (Å²) in [6.07, 6.45) is 9.78. The third-order valence-electron chi connectivity index (χ3n) is 4.31. The average molecular weight is 264 g/mol. The van der Waals surface area contributed by atoms with Gasteiger partial charge in [-0.3, -0.25) is 11.3 Å². The molecule has 3 heteroatoms. The van der Waals surface area contributed by atoms with Crippen molar-refractivity contribution < 1.29 is 4.39 Å². The fourth-order valence-electron chi connectivity index (χ4n) is 3.09. The first-order valence-corrected chi connectivity index (χ1v) is 7.49. The van der Waals surface area contributed by atoms with Crippen LogP contribution in [-0.2, 0) is 6.42 Å². The van der Waals surface area contributed by atoms with Gasteiger partial charge in [0.25, 0.3) is 0 Å². The zero-order valence-corrected chi connectivity index (χ0v) is 11.6. The summed E-state index contributed by atoms with van der Waals surface area (Å²) < 4.78 is 13.6. The van der Waals surface area contributed by atoms with Crippen LogP contribution in [0.1, 0.15) is 50.5 Å². The number of nitrogens with two attached hydrogens (primary N) is 1. The summed E-state index contributed by atoms with van der Waals surface area (Å²) >= 11 is 0. The Balaban J connectivity index is 1.81. The molecule has 19 heavy (non-hydrogen) atoms. The van der Waals surface area contributed by atoms with E-state index in [-0.39, 0.29) is 11.9 Å². The Bertz CT molecular complexity index is 375. The fourth-order valence-corrected chi connectivity index (χ4v) is 3.09. The second-order valence-electron chi connectivity index (χ2n) is 5.74. The smallest absolute Gasteiger partial charge is 0.126 e. The molecule has 0 radical (unpaired) electrons. The monoisotopic (exact) mass is 264 g/mol. The summed E-state index contributed by atoms with van der Waals surface area (Å²) in [6, 6.07) is 7.15. The summed E-state index contributed by atoms with van der Waals surface area (Å²) in [4.78, 5) is 0. The first kappa shape index (κ1) is 14.5. The van der Waals surface area contributed by atoms with Gasteiger partial charge in [0.1, 0.15) is 5.82 Å². The van der Waals surface area contributed by atoms with Crippen LogP contribution in [0.5, 0.6) is 0 Å². The van der Waals surface area contributed by atoms with E-state index in [1.165, 1.54) is 44.6 Å². The van der Waals surface area contributed by atoms with Crippen molar-refractivity contribution in [2.45, 2.75) is 57.4 Å². The van der Waals surface area contributed by atoms with Gasteiger partial charge in [0.15, 0.2) is 0 Å². The van der Waals surface area contributed by atoms with E-state index < -0.39 is 0 Å². The molecule has 1 fully saturated rings. The van der Waals surface area contributed by atoms with Crippen LogP contribution in [0.3, 0.4) is 0 Å². The van der Waals surface area contributed by atoms with Gasteiger partial charge in [0.2, 0.25) is 0 Å². The molecule has 0 bridgehead atoms. The van der Waals surface area contributed by atoms with Gasteiger partial charge in [-0.15, -0.1) is 0 Å². The highest BCUT2D eigenvalue weighted by Gasteiger charge is 2.16. The van der Waals surface area contributed by atoms with E-state index in [1.807, 2.05) is 12.1 Å². The van der Waals surface area contributed by atoms with Crippen molar-refractivity contribution in [3.05, 3.63) is 35.6 Å². The molecule has 1 atom stereocenters. The number of nitrogens with one attached hydrogen (secondary N) is 1. The van der Waals surface area contributed by atoms with Crippen molar-refractivity contribution in [2.75, 3.05) is 0 Å². The molecule has 0 aliphatic heterocycles. The van der Waals surface area contributed by atoms with Crippen LogP contribution in [0.2, 0.25) is 0 Å². The minimum atomic E-state index is -0.125. The molecule has 1 saturated carbocycles. The summed E-state index contributed by atoms with van der Waals surface area (Å²) in [5, 5.41) is 0. The minimum Gasteiger partial charge on any atom is -0.271 e. The van der Waals surface area contributed by atoms with Crippen molar-refractivity contribution in [3.63, 3.8) is 0 Å². The van der Waals surface area contributed by atoms with E-state index in [2.05, 4.69) is 5.43 Å². The standard InChI is InChI=1S/C16H25FN2/c17-16-9-5-4-8-14(16)12-15(19-18)11-10-13-6-2-1-3-7-13/h4-5,8-9,13,15,19H,1-3,6-7,10-12,18H2. The highest BCUT2D eigenvalue weighted by atomic mass is 19.1. The second kappa shape index (κ2) is 7.61. The Morgan fingerprint density at radius 2 is 1.95 bits per heavy atom. The van der Waals surface area contributed by atoms with Crippen LogP contribution in [0.25, 0.3) is 0 Å². The Morgan fingerprint density at radius 1 is 1.21 bits per heavy atom. The lowest BCUT2D eigenvalue weighted by atomic mass is 9.84. The third kappa shape index (κ3) is 4.59. The zero-order chi connectivity index (χ0) is 13.5. The maximum atomic E-state index is 13.6. The van der Waals surface area contributed by atoms with E-state index in [0.717, 1.165) is 17.9 Å². The van der Waals surface area contributed by atoms with Crippen LogP contribution in [0, 0.1) is 11.7 Å². The molecule has 1 unspecified atom stereocenters. The highest BCUT2D eigenvalue weighted by Crippen LogP contribution is 2.28. The van der Waals surface area contributed by atoms with Crippen molar-refractivity contribution in [1.82, 2.24) is 5.43 Å². The van der Waals surface area contributed by atoms with Gasteiger partial charge in [-0.25, -0.2) is 4.39 Å². The SMILES string of the molecule is NNC(CCC1CCCCC1)Cc1ccccc1F. The Hall–Kier alpha value is -0.930. The molecule has 0 saturated heterocycles. The van der Waals surface area contributed by atoms with Gasteiger partial charge >= 0.3 is 0 Å².